The highest BCUT2D eigenvalue weighted by Gasteiger charge is 2.23. The molecule has 0 aliphatic heterocycles. The summed E-state index contributed by atoms with van der Waals surface area (Å²) in [7, 11) is 0. The van der Waals surface area contributed by atoms with Gasteiger partial charge in [-0.2, -0.15) is 0 Å². The molecule has 2 aliphatic rings. The average molecular weight is 289 g/mol. The fourth-order valence-corrected chi connectivity index (χ4v) is 3.62. The van der Waals surface area contributed by atoms with Gasteiger partial charge in [0, 0.05) is 11.7 Å². The molecule has 3 rings (SSSR count). The second kappa shape index (κ2) is 5.68. The number of pyridine rings is 1. The minimum absolute atomic E-state index is 0.458. The highest BCUT2D eigenvalue weighted by atomic mass is 32.1. The van der Waals surface area contributed by atoms with E-state index in [9.17, 15) is 0 Å². The monoisotopic (exact) mass is 289 g/mol. The van der Waals surface area contributed by atoms with E-state index in [1.54, 1.807) is 0 Å². The molecule has 2 atom stereocenters. The SMILES string of the molecule is CC1CCC(Nc2nc3c(cc2C(N)=S)CCCC3)C1. The summed E-state index contributed by atoms with van der Waals surface area (Å²) >= 11 is 5.22. The molecule has 4 heteroatoms. The lowest BCUT2D eigenvalue weighted by Gasteiger charge is -2.21. The van der Waals surface area contributed by atoms with Crippen LogP contribution in [0.5, 0.6) is 0 Å². The predicted molar refractivity (Wildman–Crippen MR) is 87.2 cm³/mol. The van der Waals surface area contributed by atoms with E-state index in [0.717, 1.165) is 30.1 Å². The van der Waals surface area contributed by atoms with Crippen LogP contribution < -0.4 is 11.1 Å². The average Bonchev–Trinajstić information content (AvgIpc) is 2.83. The third kappa shape index (κ3) is 2.80. The van der Waals surface area contributed by atoms with E-state index in [2.05, 4.69) is 18.3 Å². The molecule has 3 nitrogen and oxygen atoms in total. The lowest BCUT2D eigenvalue weighted by Crippen LogP contribution is -2.22. The molecule has 3 N–H and O–H groups in total. The molecular formula is C16H23N3S. The number of nitrogens with two attached hydrogens (primary N) is 1. The summed E-state index contributed by atoms with van der Waals surface area (Å²) in [5.41, 5.74) is 9.41. The van der Waals surface area contributed by atoms with Crippen molar-refractivity contribution in [2.24, 2.45) is 11.7 Å². The first-order valence-corrected chi connectivity index (χ1v) is 8.13. The van der Waals surface area contributed by atoms with Gasteiger partial charge in [0.1, 0.15) is 10.8 Å². The summed E-state index contributed by atoms with van der Waals surface area (Å²) in [4.78, 5) is 5.30. The standard InChI is InChI=1S/C16H23N3S/c1-10-6-7-12(8-10)18-16-13(15(17)20)9-11-4-2-3-5-14(11)19-16/h9-10,12H,2-8H2,1H3,(H2,17,20)(H,18,19). The maximum absolute atomic E-state index is 5.90. The van der Waals surface area contributed by atoms with Crippen molar-refractivity contribution in [2.75, 3.05) is 5.32 Å². The van der Waals surface area contributed by atoms with Gasteiger partial charge in [-0.1, -0.05) is 19.1 Å². The fourth-order valence-electron chi connectivity index (χ4n) is 3.46. The second-order valence-corrected chi connectivity index (χ2v) is 6.76. The highest BCUT2D eigenvalue weighted by Crippen LogP contribution is 2.30. The Labute approximate surface area is 126 Å². The molecule has 108 valence electrons. The number of thiocarbonyl (C=S) groups is 1. The van der Waals surface area contributed by atoms with E-state index in [4.69, 9.17) is 22.9 Å². The van der Waals surface area contributed by atoms with Gasteiger partial charge in [0.25, 0.3) is 0 Å². The number of anilines is 1. The Hall–Kier alpha value is -1.16. The first-order valence-electron chi connectivity index (χ1n) is 7.72. The smallest absolute Gasteiger partial charge is 0.136 e. The summed E-state index contributed by atoms with van der Waals surface area (Å²) in [6.45, 7) is 2.32. The molecule has 1 aromatic heterocycles. The van der Waals surface area contributed by atoms with Crippen molar-refractivity contribution in [1.82, 2.24) is 4.98 Å². The summed E-state index contributed by atoms with van der Waals surface area (Å²) in [5, 5.41) is 3.59. The third-order valence-corrected chi connectivity index (χ3v) is 4.82. The van der Waals surface area contributed by atoms with Crippen LogP contribution in [0.2, 0.25) is 0 Å². The molecule has 0 amide bonds. The Balaban J connectivity index is 1.89. The minimum atomic E-state index is 0.458. The van der Waals surface area contributed by atoms with E-state index >= 15 is 0 Å². The number of rotatable bonds is 3. The van der Waals surface area contributed by atoms with Gasteiger partial charge in [-0.3, -0.25) is 0 Å². The topological polar surface area (TPSA) is 50.9 Å². The van der Waals surface area contributed by atoms with E-state index < -0.39 is 0 Å². The number of nitrogens with zero attached hydrogens (tertiary/aromatic N) is 1. The van der Waals surface area contributed by atoms with E-state index in [1.807, 2.05) is 0 Å². The molecule has 2 aliphatic carbocycles. The number of aryl methyl sites for hydroxylation is 2. The number of fused-ring (bicyclic) bond motifs is 1. The van der Waals surface area contributed by atoms with Crippen LogP contribution in [0, 0.1) is 5.92 Å². The van der Waals surface area contributed by atoms with Crippen molar-refractivity contribution in [1.29, 1.82) is 0 Å². The molecule has 1 fully saturated rings. The largest absolute Gasteiger partial charge is 0.389 e. The fraction of sp³-hybridized carbons (Fsp3) is 0.625. The van der Waals surface area contributed by atoms with Gasteiger partial charge < -0.3 is 11.1 Å². The van der Waals surface area contributed by atoms with Crippen LogP contribution in [-0.4, -0.2) is 16.0 Å². The number of aromatic nitrogens is 1. The van der Waals surface area contributed by atoms with E-state index in [0.29, 0.717) is 11.0 Å². The van der Waals surface area contributed by atoms with E-state index in [-0.39, 0.29) is 0 Å². The number of hydrogen-bond donors (Lipinski definition) is 2. The summed E-state index contributed by atoms with van der Waals surface area (Å²) in [6, 6.07) is 2.69. The summed E-state index contributed by atoms with van der Waals surface area (Å²) in [5.74, 6) is 1.72. The predicted octanol–water partition coefficient (Wildman–Crippen LogP) is 3.20. The van der Waals surface area contributed by atoms with Crippen molar-refractivity contribution in [3.05, 3.63) is 22.9 Å². The van der Waals surface area contributed by atoms with Gasteiger partial charge in [0.15, 0.2) is 0 Å². The Morgan fingerprint density at radius 1 is 1.35 bits per heavy atom. The van der Waals surface area contributed by atoms with Crippen molar-refractivity contribution in [3.63, 3.8) is 0 Å². The highest BCUT2D eigenvalue weighted by molar-refractivity contribution is 7.80. The van der Waals surface area contributed by atoms with Crippen LogP contribution in [0.25, 0.3) is 0 Å². The summed E-state index contributed by atoms with van der Waals surface area (Å²) < 4.78 is 0. The first kappa shape index (κ1) is 13.8. The van der Waals surface area contributed by atoms with Gasteiger partial charge in [0.05, 0.1) is 5.56 Å². The maximum Gasteiger partial charge on any atom is 0.136 e. The third-order valence-electron chi connectivity index (χ3n) is 4.60. The van der Waals surface area contributed by atoms with E-state index in [1.165, 1.54) is 43.4 Å². The van der Waals surface area contributed by atoms with Gasteiger partial charge in [-0.15, -0.1) is 0 Å². The zero-order valence-corrected chi connectivity index (χ0v) is 12.9. The van der Waals surface area contributed by atoms with Crippen LogP contribution >= 0.6 is 12.2 Å². The Bertz CT molecular complexity index is 527. The van der Waals surface area contributed by atoms with Crippen LogP contribution in [0.3, 0.4) is 0 Å². The number of nitrogens with one attached hydrogen (secondary N) is 1. The molecule has 0 spiro atoms. The van der Waals surface area contributed by atoms with Gasteiger partial charge in [-0.05, 0) is 62.5 Å². The maximum atomic E-state index is 5.90. The molecule has 0 radical (unpaired) electrons. The van der Waals surface area contributed by atoms with Crippen molar-refractivity contribution >= 4 is 23.0 Å². The molecule has 1 aromatic rings. The van der Waals surface area contributed by atoms with Crippen molar-refractivity contribution in [2.45, 2.75) is 57.9 Å². The quantitative estimate of drug-likeness (QED) is 0.839. The zero-order valence-electron chi connectivity index (χ0n) is 12.1. The van der Waals surface area contributed by atoms with Gasteiger partial charge in [0.2, 0.25) is 0 Å². The van der Waals surface area contributed by atoms with Gasteiger partial charge in [-0.25, -0.2) is 4.98 Å². The first-order chi connectivity index (χ1) is 9.63. The Kier molecular flexibility index (Phi) is 3.92. The minimum Gasteiger partial charge on any atom is -0.389 e. The lowest BCUT2D eigenvalue weighted by atomic mass is 9.94. The molecule has 1 saturated carbocycles. The van der Waals surface area contributed by atoms with Gasteiger partial charge >= 0.3 is 0 Å². The Morgan fingerprint density at radius 3 is 2.85 bits per heavy atom. The van der Waals surface area contributed by atoms with Crippen LogP contribution in [0.1, 0.15) is 55.8 Å². The normalized spacial score (nSPS) is 25.2. The molecule has 1 heterocycles. The molecule has 2 unspecified atom stereocenters. The molecule has 20 heavy (non-hydrogen) atoms. The van der Waals surface area contributed by atoms with Crippen LogP contribution in [0.15, 0.2) is 6.07 Å². The number of hydrogen-bond acceptors (Lipinski definition) is 3. The summed E-state index contributed by atoms with van der Waals surface area (Å²) in [6.07, 6.45) is 8.42. The van der Waals surface area contributed by atoms with Crippen LogP contribution in [-0.2, 0) is 12.8 Å². The van der Waals surface area contributed by atoms with Crippen LogP contribution in [0.4, 0.5) is 5.82 Å². The van der Waals surface area contributed by atoms with Crippen molar-refractivity contribution in [3.8, 4) is 0 Å². The second-order valence-electron chi connectivity index (χ2n) is 6.32. The van der Waals surface area contributed by atoms with Crippen molar-refractivity contribution < 1.29 is 0 Å². The lowest BCUT2D eigenvalue weighted by molar-refractivity contribution is 0.602. The Morgan fingerprint density at radius 2 is 2.15 bits per heavy atom. The molecule has 0 aromatic carbocycles. The zero-order chi connectivity index (χ0) is 14.1. The molecule has 0 saturated heterocycles. The molecule has 0 bridgehead atoms. The molecular weight excluding hydrogens is 266 g/mol.